The van der Waals surface area contributed by atoms with Gasteiger partial charge in [-0.25, -0.2) is 9.18 Å². The van der Waals surface area contributed by atoms with E-state index in [0.717, 1.165) is 0 Å². The van der Waals surface area contributed by atoms with Crippen LogP contribution in [0.4, 0.5) is 4.39 Å². The second-order valence-corrected chi connectivity index (χ2v) is 4.81. The number of aromatic carboxylic acids is 1. The predicted molar refractivity (Wildman–Crippen MR) is 68.8 cm³/mol. The summed E-state index contributed by atoms with van der Waals surface area (Å²) < 4.78 is 24.4. The van der Waals surface area contributed by atoms with Crippen molar-refractivity contribution < 1.29 is 23.4 Å². The largest absolute Gasteiger partial charge is 0.483 e. The Morgan fingerprint density at radius 3 is 2.79 bits per heavy atom. The number of ether oxygens (including phenoxy) is 1. The molecule has 1 aromatic carbocycles. The lowest BCUT2D eigenvalue weighted by Crippen LogP contribution is -1.97. The number of benzene rings is 1. The number of halogens is 2. The average Bonchev–Trinajstić information content (AvgIpc) is 2.69. The fourth-order valence-electron chi connectivity index (χ4n) is 1.57. The highest BCUT2D eigenvalue weighted by molar-refractivity contribution is 9.10. The van der Waals surface area contributed by atoms with E-state index < -0.39 is 11.8 Å². The maximum absolute atomic E-state index is 13.5. The minimum Gasteiger partial charge on any atom is -0.483 e. The van der Waals surface area contributed by atoms with Crippen molar-refractivity contribution in [2.75, 3.05) is 0 Å². The SMILES string of the molecule is Cc1cc(COc2ccc(Br)cc2F)oc1C(=O)O. The third-order valence-electron chi connectivity index (χ3n) is 2.43. The highest BCUT2D eigenvalue weighted by Crippen LogP contribution is 2.23. The number of hydrogen-bond acceptors (Lipinski definition) is 3. The van der Waals surface area contributed by atoms with E-state index >= 15 is 0 Å². The molecule has 0 amide bonds. The topological polar surface area (TPSA) is 59.7 Å². The van der Waals surface area contributed by atoms with Gasteiger partial charge in [0.2, 0.25) is 5.76 Å². The minimum absolute atomic E-state index is 0.0350. The first kappa shape index (κ1) is 13.6. The summed E-state index contributed by atoms with van der Waals surface area (Å²) in [6.45, 7) is 1.59. The number of rotatable bonds is 4. The van der Waals surface area contributed by atoms with Crippen molar-refractivity contribution in [3.8, 4) is 5.75 Å². The van der Waals surface area contributed by atoms with Crippen LogP contribution in [0.3, 0.4) is 0 Å². The monoisotopic (exact) mass is 328 g/mol. The Labute approximate surface area is 116 Å². The van der Waals surface area contributed by atoms with Crippen LogP contribution in [0.5, 0.6) is 5.75 Å². The normalized spacial score (nSPS) is 10.5. The molecule has 0 aliphatic carbocycles. The van der Waals surface area contributed by atoms with Crippen molar-refractivity contribution in [2.24, 2.45) is 0 Å². The maximum Gasteiger partial charge on any atom is 0.372 e. The molecule has 6 heteroatoms. The van der Waals surface area contributed by atoms with Crippen LogP contribution < -0.4 is 4.74 Å². The third-order valence-corrected chi connectivity index (χ3v) is 2.92. The molecule has 2 aromatic rings. The van der Waals surface area contributed by atoms with Crippen molar-refractivity contribution in [1.29, 1.82) is 0 Å². The molecule has 1 aromatic heterocycles. The van der Waals surface area contributed by atoms with Gasteiger partial charge in [-0.15, -0.1) is 0 Å². The van der Waals surface area contributed by atoms with Gasteiger partial charge in [0.05, 0.1) is 0 Å². The second kappa shape index (κ2) is 5.44. The van der Waals surface area contributed by atoms with Crippen LogP contribution in [-0.4, -0.2) is 11.1 Å². The standard InChI is InChI=1S/C13H10BrFO4/c1-7-4-9(19-12(7)13(16)17)6-18-11-3-2-8(14)5-10(11)15/h2-5H,6H2,1H3,(H,16,17). The Kier molecular flexibility index (Phi) is 3.90. The molecule has 19 heavy (non-hydrogen) atoms. The first-order chi connectivity index (χ1) is 8.97. The van der Waals surface area contributed by atoms with E-state index in [9.17, 15) is 9.18 Å². The molecule has 0 aliphatic rings. The highest BCUT2D eigenvalue weighted by Gasteiger charge is 2.15. The molecule has 0 bridgehead atoms. The van der Waals surface area contributed by atoms with E-state index in [1.165, 1.54) is 12.1 Å². The Bertz CT molecular complexity index is 621. The molecule has 1 N–H and O–H groups in total. The highest BCUT2D eigenvalue weighted by atomic mass is 79.9. The Balaban J connectivity index is 2.10. The van der Waals surface area contributed by atoms with E-state index in [2.05, 4.69) is 15.9 Å². The zero-order valence-corrected chi connectivity index (χ0v) is 11.5. The lowest BCUT2D eigenvalue weighted by atomic mass is 10.2. The van der Waals surface area contributed by atoms with Gasteiger partial charge in [-0.1, -0.05) is 15.9 Å². The summed E-state index contributed by atoms with van der Waals surface area (Å²) >= 11 is 3.14. The predicted octanol–water partition coefficient (Wildman–Crippen LogP) is 3.77. The Morgan fingerprint density at radius 2 is 2.21 bits per heavy atom. The molecule has 2 rings (SSSR count). The van der Waals surface area contributed by atoms with E-state index in [-0.39, 0.29) is 18.1 Å². The Morgan fingerprint density at radius 1 is 1.47 bits per heavy atom. The first-order valence-corrected chi connectivity index (χ1v) is 6.17. The van der Waals surface area contributed by atoms with Crippen LogP contribution in [0.25, 0.3) is 0 Å². The van der Waals surface area contributed by atoms with Crippen molar-refractivity contribution in [3.63, 3.8) is 0 Å². The molecule has 4 nitrogen and oxygen atoms in total. The molecular formula is C13H10BrFO4. The molecule has 0 radical (unpaired) electrons. The second-order valence-electron chi connectivity index (χ2n) is 3.89. The molecule has 0 spiro atoms. The van der Waals surface area contributed by atoms with Gasteiger partial charge in [-0.3, -0.25) is 0 Å². The van der Waals surface area contributed by atoms with Gasteiger partial charge in [-0.05, 0) is 31.2 Å². The summed E-state index contributed by atoms with van der Waals surface area (Å²) in [4.78, 5) is 10.8. The summed E-state index contributed by atoms with van der Waals surface area (Å²) in [6, 6.07) is 5.97. The summed E-state index contributed by atoms with van der Waals surface area (Å²) in [5.74, 6) is -1.36. The van der Waals surface area contributed by atoms with Crippen molar-refractivity contribution in [1.82, 2.24) is 0 Å². The van der Waals surface area contributed by atoms with Gasteiger partial charge in [-0.2, -0.15) is 0 Å². The number of carboxylic acids is 1. The van der Waals surface area contributed by atoms with Gasteiger partial charge in [0.1, 0.15) is 12.4 Å². The number of carbonyl (C=O) groups is 1. The van der Waals surface area contributed by atoms with Gasteiger partial charge in [0, 0.05) is 10.0 Å². The fraction of sp³-hybridized carbons (Fsp3) is 0.154. The molecule has 0 unspecified atom stereocenters. The van der Waals surface area contributed by atoms with Crippen molar-refractivity contribution in [2.45, 2.75) is 13.5 Å². The molecule has 0 saturated heterocycles. The number of furan rings is 1. The molecule has 0 fully saturated rings. The van der Waals surface area contributed by atoms with E-state index in [1.807, 2.05) is 0 Å². The van der Waals surface area contributed by atoms with E-state index in [0.29, 0.717) is 15.8 Å². The van der Waals surface area contributed by atoms with Gasteiger partial charge < -0.3 is 14.3 Å². The summed E-state index contributed by atoms with van der Waals surface area (Å²) in [7, 11) is 0. The number of aryl methyl sites for hydroxylation is 1. The zero-order valence-electron chi connectivity index (χ0n) is 9.94. The van der Waals surface area contributed by atoms with Crippen molar-refractivity contribution >= 4 is 21.9 Å². The van der Waals surface area contributed by atoms with Crippen LogP contribution in [0, 0.1) is 12.7 Å². The van der Waals surface area contributed by atoms with E-state index in [4.69, 9.17) is 14.3 Å². The molecule has 1 heterocycles. The molecular weight excluding hydrogens is 319 g/mol. The average molecular weight is 329 g/mol. The fourth-order valence-corrected chi connectivity index (χ4v) is 1.91. The van der Waals surface area contributed by atoms with E-state index in [1.54, 1.807) is 19.1 Å². The number of carboxylic acid groups (broad SMARTS) is 1. The summed E-state index contributed by atoms with van der Waals surface area (Å²) in [5.41, 5.74) is 0.502. The molecule has 0 saturated carbocycles. The summed E-state index contributed by atoms with van der Waals surface area (Å²) in [6.07, 6.45) is 0. The number of hydrogen-bond donors (Lipinski definition) is 1. The smallest absolute Gasteiger partial charge is 0.372 e. The lowest BCUT2D eigenvalue weighted by Gasteiger charge is -2.05. The van der Waals surface area contributed by atoms with Crippen LogP contribution in [0.15, 0.2) is 33.2 Å². The van der Waals surface area contributed by atoms with Gasteiger partial charge in [0.15, 0.2) is 11.6 Å². The molecule has 0 aliphatic heterocycles. The molecule has 0 atom stereocenters. The first-order valence-electron chi connectivity index (χ1n) is 5.38. The third kappa shape index (κ3) is 3.14. The molecule has 100 valence electrons. The Hall–Kier alpha value is -1.82. The van der Waals surface area contributed by atoms with Gasteiger partial charge in [0.25, 0.3) is 0 Å². The van der Waals surface area contributed by atoms with Crippen molar-refractivity contribution in [3.05, 3.63) is 51.6 Å². The van der Waals surface area contributed by atoms with Crippen LogP contribution in [0.1, 0.15) is 21.9 Å². The van der Waals surface area contributed by atoms with Crippen LogP contribution in [-0.2, 0) is 6.61 Å². The summed E-state index contributed by atoms with van der Waals surface area (Å²) in [5, 5.41) is 8.84. The van der Waals surface area contributed by atoms with Crippen LogP contribution in [0.2, 0.25) is 0 Å². The van der Waals surface area contributed by atoms with Gasteiger partial charge >= 0.3 is 5.97 Å². The van der Waals surface area contributed by atoms with Crippen LogP contribution >= 0.6 is 15.9 Å². The quantitative estimate of drug-likeness (QED) is 0.928. The minimum atomic E-state index is -1.14. The lowest BCUT2D eigenvalue weighted by molar-refractivity contribution is 0.0657. The zero-order chi connectivity index (χ0) is 14.0. The maximum atomic E-state index is 13.5.